The quantitative estimate of drug-likeness (QED) is 0.272. The Kier molecular flexibility index (Phi) is 12.8. The number of unbranched alkanes of at least 4 members (excludes halogenated alkanes) is 1. The summed E-state index contributed by atoms with van der Waals surface area (Å²) in [5.74, 6) is 1.56. The minimum atomic E-state index is 0. The molecule has 0 aliphatic rings. The van der Waals surface area contributed by atoms with E-state index in [-0.39, 0.29) is 29.5 Å². The van der Waals surface area contributed by atoms with Crippen LogP contribution in [0, 0.1) is 5.92 Å². The van der Waals surface area contributed by atoms with E-state index in [9.17, 15) is 4.79 Å². The Morgan fingerprint density at radius 3 is 2.57 bits per heavy atom. The first-order valence-electron chi connectivity index (χ1n) is 8.31. The number of aromatic nitrogens is 1. The molecule has 1 aromatic rings. The van der Waals surface area contributed by atoms with Crippen molar-refractivity contribution in [3.05, 3.63) is 34.7 Å². The standard InChI is InChI=1S/C17H30N4O.HI/c1-4-15(5-2)14-20-17(18-3)19-11-7-9-13-21-12-8-6-10-16(21)22;/h6,8,10,12,15H,4-5,7,9,11,13-14H2,1-3H3,(H2,18,19,20);1H. The molecule has 0 unspecified atom stereocenters. The number of halogens is 1. The summed E-state index contributed by atoms with van der Waals surface area (Å²) in [4.78, 5) is 15.8. The molecule has 0 bridgehead atoms. The number of aryl methyl sites for hydroxylation is 1. The fourth-order valence-electron chi connectivity index (χ4n) is 2.30. The van der Waals surface area contributed by atoms with Gasteiger partial charge in [0.05, 0.1) is 0 Å². The van der Waals surface area contributed by atoms with E-state index in [0.717, 1.165) is 38.4 Å². The van der Waals surface area contributed by atoms with Gasteiger partial charge in [-0.1, -0.05) is 32.8 Å². The monoisotopic (exact) mass is 434 g/mol. The molecular weight excluding hydrogens is 403 g/mol. The van der Waals surface area contributed by atoms with Crippen molar-refractivity contribution in [3.63, 3.8) is 0 Å². The molecule has 5 nitrogen and oxygen atoms in total. The van der Waals surface area contributed by atoms with Crippen LogP contribution in [0.5, 0.6) is 0 Å². The van der Waals surface area contributed by atoms with E-state index >= 15 is 0 Å². The summed E-state index contributed by atoms with van der Waals surface area (Å²) in [6.45, 7) is 7.03. The van der Waals surface area contributed by atoms with Crippen LogP contribution in [0.2, 0.25) is 0 Å². The molecular formula is C17H31IN4O. The second kappa shape index (κ2) is 13.4. The fourth-order valence-corrected chi connectivity index (χ4v) is 2.30. The van der Waals surface area contributed by atoms with Crippen molar-refractivity contribution in [2.24, 2.45) is 10.9 Å². The van der Waals surface area contributed by atoms with Crippen LogP contribution in [-0.2, 0) is 6.54 Å². The van der Waals surface area contributed by atoms with Gasteiger partial charge in [0, 0.05) is 38.9 Å². The molecule has 132 valence electrons. The molecule has 0 saturated carbocycles. The number of nitrogens with zero attached hydrogens (tertiary/aromatic N) is 2. The minimum absolute atomic E-state index is 0. The molecule has 0 radical (unpaired) electrons. The lowest BCUT2D eigenvalue weighted by atomic mass is 10.0. The lowest BCUT2D eigenvalue weighted by Crippen LogP contribution is -2.40. The second-order valence-corrected chi connectivity index (χ2v) is 5.50. The van der Waals surface area contributed by atoms with Crippen LogP contribution in [-0.4, -0.2) is 30.7 Å². The Hall–Kier alpha value is -1.05. The molecule has 6 heteroatoms. The van der Waals surface area contributed by atoms with Crippen molar-refractivity contribution < 1.29 is 0 Å². The van der Waals surface area contributed by atoms with Gasteiger partial charge in [0.1, 0.15) is 0 Å². The van der Waals surface area contributed by atoms with Gasteiger partial charge in [-0.2, -0.15) is 0 Å². The Balaban J connectivity index is 0.00000484. The summed E-state index contributed by atoms with van der Waals surface area (Å²) in [6.07, 6.45) is 6.19. The van der Waals surface area contributed by atoms with Crippen molar-refractivity contribution in [2.75, 3.05) is 20.1 Å². The predicted octanol–water partition coefficient (Wildman–Crippen LogP) is 2.85. The van der Waals surface area contributed by atoms with E-state index in [0.29, 0.717) is 5.92 Å². The van der Waals surface area contributed by atoms with Gasteiger partial charge < -0.3 is 15.2 Å². The van der Waals surface area contributed by atoms with Crippen molar-refractivity contribution in [3.8, 4) is 0 Å². The highest BCUT2D eigenvalue weighted by molar-refractivity contribution is 14.0. The molecule has 1 aromatic heterocycles. The number of guanidine groups is 1. The van der Waals surface area contributed by atoms with Gasteiger partial charge in [0.15, 0.2) is 5.96 Å². The van der Waals surface area contributed by atoms with Crippen molar-refractivity contribution in [1.29, 1.82) is 0 Å². The molecule has 0 aliphatic carbocycles. The molecule has 0 atom stereocenters. The highest BCUT2D eigenvalue weighted by Gasteiger charge is 2.04. The Morgan fingerprint density at radius 1 is 1.22 bits per heavy atom. The SMILES string of the molecule is CCC(CC)CNC(=NC)NCCCCn1ccccc1=O.I. The third-order valence-corrected chi connectivity index (χ3v) is 3.95. The molecule has 0 saturated heterocycles. The zero-order valence-electron chi connectivity index (χ0n) is 14.5. The molecule has 0 aliphatic heterocycles. The molecule has 23 heavy (non-hydrogen) atoms. The first kappa shape index (κ1) is 21.9. The Bertz CT molecular complexity index is 497. The minimum Gasteiger partial charge on any atom is -0.356 e. The highest BCUT2D eigenvalue weighted by Crippen LogP contribution is 2.04. The van der Waals surface area contributed by atoms with Gasteiger partial charge in [-0.25, -0.2) is 0 Å². The predicted molar refractivity (Wildman–Crippen MR) is 109 cm³/mol. The zero-order chi connectivity index (χ0) is 16.2. The van der Waals surface area contributed by atoms with Gasteiger partial charge in [0.25, 0.3) is 0 Å². The van der Waals surface area contributed by atoms with E-state index in [1.54, 1.807) is 23.7 Å². The van der Waals surface area contributed by atoms with Crippen molar-refractivity contribution in [2.45, 2.75) is 46.1 Å². The maximum absolute atomic E-state index is 11.6. The molecule has 1 heterocycles. The normalized spacial score (nSPS) is 11.2. The number of aliphatic imine (C=N–C) groups is 1. The van der Waals surface area contributed by atoms with Crippen LogP contribution in [0.4, 0.5) is 0 Å². The average Bonchev–Trinajstić information content (AvgIpc) is 2.55. The molecule has 0 aromatic carbocycles. The molecule has 0 fully saturated rings. The third kappa shape index (κ3) is 8.98. The van der Waals surface area contributed by atoms with E-state index in [4.69, 9.17) is 0 Å². The summed E-state index contributed by atoms with van der Waals surface area (Å²) < 4.78 is 1.75. The van der Waals surface area contributed by atoms with Crippen molar-refractivity contribution >= 4 is 29.9 Å². The van der Waals surface area contributed by atoms with Crippen LogP contribution >= 0.6 is 24.0 Å². The number of nitrogens with one attached hydrogen (secondary N) is 2. The number of rotatable bonds is 9. The van der Waals surface area contributed by atoms with Crippen LogP contribution in [0.3, 0.4) is 0 Å². The summed E-state index contributed by atoms with van der Waals surface area (Å²) in [7, 11) is 1.80. The fraction of sp³-hybridized carbons (Fsp3) is 0.647. The number of hydrogen-bond donors (Lipinski definition) is 2. The summed E-state index contributed by atoms with van der Waals surface area (Å²) >= 11 is 0. The van der Waals surface area contributed by atoms with Crippen LogP contribution in [0.1, 0.15) is 39.5 Å². The van der Waals surface area contributed by atoms with Gasteiger partial charge in [-0.15, -0.1) is 24.0 Å². The summed E-state index contributed by atoms with van der Waals surface area (Å²) in [5, 5.41) is 6.70. The van der Waals surface area contributed by atoms with E-state index < -0.39 is 0 Å². The summed E-state index contributed by atoms with van der Waals surface area (Å²) in [6, 6.07) is 5.26. The molecule has 0 amide bonds. The summed E-state index contributed by atoms with van der Waals surface area (Å²) in [5.41, 5.74) is 0.0677. The molecule has 2 N–H and O–H groups in total. The largest absolute Gasteiger partial charge is 0.356 e. The lowest BCUT2D eigenvalue weighted by molar-refractivity contribution is 0.480. The van der Waals surface area contributed by atoms with Crippen LogP contribution in [0.25, 0.3) is 0 Å². The van der Waals surface area contributed by atoms with E-state index in [1.165, 1.54) is 12.8 Å². The van der Waals surface area contributed by atoms with E-state index in [1.807, 2.05) is 12.3 Å². The van der Waals surface area contributed by atoms with Crippen molar-refractivity contribution in [1.82, 2.24) is 15.2 Å². The zero-order valence-corrected chi connectivity index (χ0v) is 16.9. The first-order valence-corrected chi connectivity index (χ1v) is 8.31. The lowest BCUT2D eigenvalue weighted by Gasteiger charge is -2.16. The number of pyridine rings is 1. The molecule has 0 spiro atoms. The molecule has 1 rings (SSSR count). The van der Waals surface area contributed by atoms with Crippen LogP contribution in [0.15, 0.2) is 34.2 Å². The van der Waals surface area contributed by atoms with Gasteiger partial charge >= 0.3 is 0 Å². The Labute approximate surface area is 157 Å². The second-order valence-electron chi connectivity index (χ2n) is 5.50. The van der Waals surface area contributed by atoms with Crippen LogP contribution < -0.4 is 16.2 Å². The maximum Gasteiger partial charge on any atom is 0.250 e. The third-order valence-electron chi connectivity index (χ3n) is 3.95. The average molecular weight is 434 g/mol. The highest BCUT2D eigenvalue weighted by atomic mass is 127. The van der Waals surface area contributed by atoms with Gasteiger partial charge in [-0.05, 0) is 24.8 Å². The maximum atomic E-state index is 11.6. The smallest absolute Gasteiger partial charge is 0.250 e. The van der Waals surface area contributed by atoms with Gasteiger partial charge in [-0.3, -0.25) is 9.79 Å². The topological polar surface area (TPSA) is 58.4 Å². The Morgan fingerprint density at radius 2 is 1.96 bits per heavy atom. The van der Waals surface area contributed by atoms with E-state index in [2.05, 4.69) is 29.5 Å². The first-order chi connectivity index (χ1) is 10.7. The van der Waals surface area contributed by atoms with Gasteiger partial charge in [0.2, 0.25) is 5.56 Å². The number of hydrogen-bond acceptors (Lipinski definition) is 2.